The van der Waals surface area contributed by atoms with E-state index < -0.39 is 12.0 Å². The first kappa shape index (κ1) is 14.1. The standard InChI is InChI=1S/C12H18N2O4/c1-13-9(12(15)16)7-14-8-4-5-10(17-2)11(6-8)18-3/h4-6,9,13-14H,7H2,1-3H3,(H,15,16). The number of hydrogen-bond acceptors (Lipinski definition) is 5. The number of carbonyl (C=O) groups is 1. The summed E-state index contributed by atoms with van der Waals surface area (Å²) in [5.74, 6) is 0.329. The maximum atomic E-state index is 10.8. The molecule has 0 radical (unpaired) electrons. The van der Waals surface area contributed by atoms with Gasteiger partial charge >= 0.3 is 5.97 Å². The molecule has 100 valence electrons. The third-order valence-corrected chi connectivity index (χ3v) is 2.54. The number of benzene rings is 1. The van der Waals surface area contributed by atoms with Gasteiger partial charge in [-0.25, -0.2) is 0 Å². The molecule has 0 aromatic heterocycles. The first-order valence-corrected chi connectivity index (χ1v) is 5.48. The Morgan fingerprint density at radius 1 is 1.33 bits per heavy atom. The van der Waals surface area contributed by atoms with E-state index >= 15 is 0 Å². The number of carboxylic acids is 1. The van der Waals surface area contributed by atoms with Crippen LogP contribution in [0.5, 0.6) is 11.5 Å². The van der Waals surface area contributed by atoms with Gasteiger partial charge in [-0.2, -0.15) is 0 Å². The van der Waals surface area contributed by atoms with Crippen LogP contribution in [0.2, 0.25) is 0 Å². The Balaban J connectivity index is 2.70. The van der Waals surface area contributed by atoms with E-state index in [2.05, 4.69) is 10.6 Å². The first-order chi connectivity index (χ1) is 8.62. The summed E-state index contributed by atoms with van der Waals surface area (Å²) in [6.07, 6.45) is 0. The number of anilines is 1. The van der Waals surface area contributed by atoms with Gasteiger partial charge in [0.2, 0.25) is 0 Å². The number of hydrogen-bond donors (Lipinski definition) is 3. The van der Waals surface area contributed by atoms with Gasteiger partial charge in [0.15, 0.2) is 11.5 Å². The molecule has 1 aromatic rings. The van der Waals surface area contributed by atoms with Crippen LogP contribution < -0.4 is 20.1 Å². The lowest BCUT2D eigenvalue weighted by Gasteiger charge is -2.14. The van der Waals surface area contributed by atoms with E-state index in [1.807, 2.05) is 0 Å². The molecular formula is C12H18N2O4. The van der Waals surface area contributed by atoms with E-state index in [1.165, 1.54) is 0 Å². The summed E-state index contributed by atoms with van der Waals surface area (Å²) < 4.78 is 10.3. The summed E-state index contributed by atoms with van der Waals surface area (Å²) in [4.78, 5) is 10.8. The maximum Gasteiger partial charge on any atom is 0.322 e. The highest BCUT2D eigenvalue weighted by atomic mass is 16.5. The van der Waals surface area contributed by atoms with Crippen LogP contribution >= 0.6 is 0 Å². The van der Waals surface area contributed by atoms with Gasteiger partial charge in [0.25, 0.3) is 0 Å². The molecule has 0 saturated heterocycles. The van der Waals surface area contributed by atoms with Gasteiger partial charge in [-0.05, 0) is 19.2 Å². The van der Waals surface area contributed by atoms with Crippen molar-refractivity contribution in [2.24, 2.45) is 0 Å². The van der Waals surface area contributed by atoms with Crippen molar-refractivity contribution in [1.82, 2.24) is 5.32 Å². The molecule has 0 spiro atoms. The molecule has 0 heterocycles. The fraction of sp³-hybridized carbons (Fsp3) is 0.417. The number of aliphatic carboxylic acids is 1. The minimum absolute atomic E-state index is 0.279. The monoisotopic (exact) mass is 254 g/mol. The Labute approximate surface area is 106 Å². The molecule has 18 heavy (non-hydrogen) atoms. The van der Waals surface area contributed by atoms with Crippen LogP contribution in [0.1, 0.15) is 0 Å². The molecule has 1 atom stereocenters. The number of methoxy groups -OCH3 is 2. The fourth-order valence-corrected chi connectivity index (χ4v) is 1.48. The summed E-state index contributed by atoms with van der Waals surface area (Å²) in [6.45, 7) is 0.279. The van der Waals surface area contributed by atoms with Crippen molar-refractivity contribution in [3.8, 4) is 11.5 Å². The maximum absolute atomic E-state index is 10.8. The fourth-order valence-electron chi connectivity index (χ4n) is 1.48. The van der Waals surface area contributed by atoms with Gasteiger partial charge < -0.3 is 25.2 Å². The van der Waals surface area contributed by atoms with Gasteiger partial charge in [0.1, 0.15) is 6.04 Å². The zero-order valence-electron chi connectivity index (χ0n) is 10.7. The highest BCUT2D eigenvalue weighted by Crippen LogP contribution is 2.29. The molecular weight excluding hydrogens is 236 g/mol. The van der Waals surface area contributed by atoms with Gasteiger partial charge in [0, 0.05) is 18.3 Å². The average molecular weight is 254 g/mol. The van der Waals surface area contributed by atoms with Gasteiger partial charge in [-0.3, -0.25) is 4.79 Å². The zero-order chi connectivity index (χ0) is 13.5. The van der Waals surface area contributed by atoms with E-state index in [1.54, 1.807) is 39.5 Å². The largest absolute Gasteiger partial charge is 0.493 e. The SMILES string of the molecule is CNC(CNc1ccc(OC)c(OC)c1)C(=O)O. The molecule has 6 nitrogen and oxygen atoms in total. The molecule has 0 aliphatic heterocycles. The Morgan fingerprint density at radius 3 is 2.50 bits per heavy atom. The highest BCUT2D eigenvalue weighted by molar-refractivity contribution is 5.74. The van der Waals surface area contributed by atoms with Crippen molar-refractivity contribution in [3.05, 3.63) is 18.2 Å². The van der Waals surface area contributed by atoms with Crippen LogP contribution in [0.4, 0.5) is 5.69 Å². The van der Waals surface area contributed by atoms with E-state index in [4.69, 9.17) is 14.6 Å². The molecule has 1 aromatic carbocycles. The van der Waals surface area contributed by atoms with Crippen molar-refractivity contribution in [1.29, 1.82) is 0 Å². The number of ether oxygens (including phenoxy) is 2. The predicted octanol–water partition coefficient (Wildman–Crippen LogP) is 0.788. The molecule has 0 saturated carbocycles. The lowest BCUT2D eigenvalue weighted by Crippen LogP contribution is -2.39. The third-order valence-electron chi connectivity index (χ3n) is 2.54. The molecule has 0 bridgehead atoms. The summed E-state index contributed by atoms with van der Waals surface area (Å²) in [6, 6.07) is 4.68. The Bertz CT molecular complexity index is 409. The Morgan fingerprint density at radius 2 is 2.00 bits per heavy atom. The summed E-state index contributed by atoms with van der Waals surface area (Å²) in [5, 5.41) is 14.6. The van der Waals surface area contributed by atoms with Gasteiger partial charge in [0.05, 0.1) is 14.2 Å². The number of likely N-dealkylation sites (N-methyl/N-ethyl adjacent to an activating group) is 1. The van der Waals surface area contributed by atoms with Gasteiger partial charge in [-0.15, -0.1) is 0 Å². The third kappa shape index (κ3) is 3.53. The molecule has 0 aliphatic carbocycles. The normalized spacial score (nSPS) is 11.7. The molecule has 0 amide bonds. The minimum atomic E-state index is -0.898. The molecule has 1 unspecified atom stereocenters. The second kappa shape index (κ2) is 6.70. The zero-order valence-corrected chi connectivity index (χ0v) is 10.7. The molecule has 1 rings (SSSR count). The first-order valence-electron chi connectivity index (χ1n) is 5.48. The lowest BCUT2D eigenvalue weighted by molar-refractivity contribution is -0.138. The topological polar surface area (TPSA) is 79.8 Å². The van der Waals surface area contributed by atoms with Crippen LogP contribution in [-0.2, 0) is 4.79 Å². The van der Waals surface area contributed by atoms with E-state index in [-0.39, 0.29) is 6.54 Å². The molecule has 0 aliphatic rings. The number of rotatable bonds is 7. The Kier molecular flexibility index (Phi) is 5.26. The van der Waals surface area contributed by atoms with Crippen LogP contribution in [0.15, 0.2) is 18.2 Å². The van der Waals surface area contributed by atoms with Crippen molar-refractivity contribution in [2.75, 3.05) is 33.1 Å². The Hall–Kier alpha value is -1.95. The van der Waals surface area contributed by atoms with Gasteiger partial charge in [-0.1, -0.05) is 0 Å². The lowest BCUT2D eigenvalue weighted by atomic mass is 10.2. The highest BCUT2D eigenvalue weighted by Gasteiger charge is 2.14. The summed E-state index contributed by atoms with van der Waals surface area (Å²) >= 11 is 0. The minimum Gasteiger partial charge on any atom is -0.493 e. The second-order valence-electron chi connectivity index (χ2n) is 3.63. The van der Waals surface area contributed by atoms with E-state index in [0.29, 0.717) is 11.5 Å². The van der Waals surface area contributed by atoms with Crippen LogP contribution in [0.25, 0.3) is 0 Å². The number of carboxylic acid groups (broad SMARTS) is 1. The molecule has 3 N–H and O–H groups in total. The predicted molar refractivity (Wildman–Crippen MR) is 68.5 cm³/mol. The van der Waals surface area contributed by atoms with Crippen LogP contribution in [0, 0.1) is 0 Å². The van der Waals surface area contributed by atoms with Crippen molar-refractivity contribution in [2.45, 2.75) is 6.04 Å². The molecule has 6 heteroatoms. The number of nitrogens with one attached hydrogen (secondary N) is 2. The smallest absolute Gasteiger partial charge is 0.322 e. The van der Waals surface area contributed by atoms with Crippen molar-refractivity contribution < 1.29 is 19.4 Å². The van der Waals surface area contributed by atoms with Crippen molar-refractivity contribution in [3.63, 3.8) is 0 Å². The van der Waals surface area contributed by atoms with Crippen LogP contribution in [0.3, 0.4) is 0 Å². The summed E-state index contributed by atoms with van der Waals surface area (Å²) in [5.41, 5.74) is 0.772. The van der Waals surface area contributed by atoms with Crippen LogP contribution in [-0.4, -0.2) is 44.9 Å². The van der Waals surface area contributed by atoms with E-state index in [9.17, 15) is 4.79 Å². The second-order valence-corrected chi connectivity index (χ2v) is 3.63. The quantitative estimate of drug-likeness (QED) is 0.667. The van der Waals surface area contributed by atoms with Crippen molar-refractivity contribution >= 4 is 11.7 Å². The molecule has 0 fully saturated rings. The van der Waals surface area contributed by atoms with E-state index in [0.717, 1.165) is 5.69 Å². The average Bonchev–Trinajstić information content (AvgIpc) is 2.38. The summed E-state index contributed by atoms with van der Waals surface area (Å²) in [7, 11) is 4.72.